The Morgan fingerprint density at radius 1 is 1.08 bits per heavy atom. The lowest BCUT2D eigenvalue weighted by Crippen LogP contribution is -2.18. The van der Waals surface area contributed by atoms with Crippen LogP contribution in [-0.4, -0.2) is 21.8 Å². The zero-order chi connectivity index (χ0) is 18.5. The van der Waals surface area contributed by atoms with Crippen molar-refractivity contribution in [3.8, 4) is 5.75 Å². The number of imidazole rings is 1. The molecule has 0 fully saturated rings. The highest BCUT2D eigenvalue weighted by atomic mass is 35.5. The third-order valence-corrected chi connectivity index (χ3v) is 6.07. The molecule has 3 rings (SSSR count). The molecule has 0 saturated heterocycles. The van der Waals surface area contributed by atoms with Gasteiger partial charge in [-0.15, -0.1) is 11.8 Å². The second-order valence-electron chi connectivity index (χ2n) is 5.74. The Morgan fingerprint density at radius 2 is 1.77 bits per heavy atom. The van der Waals surface area contributed by atoms with Crippen molar-refractivity contribution in [2.24, 2.45) is 0 Å². The van der Waals surface area contributed by atoms with Crippen molar-refractivity contribution >= 4 is 46.6 Å². The van der Waals surface area contributed by atoms with Crippen molar-refractivity contribution in [1.29, 1.82) is 0 Å². The molecule has 0 aliphatic carbocycles. The summed E-state index contributed by atoms with van der Waals surface area (Å²) in [6, 6.07) is 12.8. The normalized spacial score (nSPS) is 12.2. The molecule has 1 N–H and O–H groups in total. The van der Waals surface area contributed by atoms with Gasteiger partial charge in [0.25, 0.3) is 0 Å². The predicted molar refractivity (Wildman–Crippen MR) is 110 cm³/mol. The molecule has 3 nitrogen and oxygen atoms in total. The van der Waals surface area contributed by atoms with Gasteiger partial charge in [0.15, 0.2) is 0 Å². The van der Waals surface area contributed by atoms with Crippen molar-refractivity contribution in [2.75, 3.05) is 6.61 Å². The first-order valence-electron chi connectivity index (χ1n) is 8.01. The van der Waals surface area contributed by atoms with E-state index >= 15 is 0 Å². The summed E-state index contributed by atoms with van der Waals surface area (Å²) in [5, 5.41) is 2.04. The van der Waals surface area contributed by atoms with E-state index in [0.717, 1.165) is 28.6 Å². The number of H-pyrrole nitrogens is 1. The van der Waals surface area contributed by atoms with E-state index in [9.17, 15) is 0 Å². The lowest BCUT2D eigenvalue weighted by atomic mass is 10.2. The summed E-state index contributed by atoms with van der Waals surface area (Å²) in [6.07, 6.45) is 2.64. The highest BCUT2D eigenvalue weighted by Gasteiger charge is 2.18. The predicted octanol–water partition coefficient (Wildman–Crippen LogP) is 6.46. The van der Waals surface area contributed by atoms with Gasteiger partial charge >= 0.3 is 0 Å². The van der Waals surface area contributed by atoms with Gasteiger partial charge in [0.2, 0.25) is 0 Å². The van der Waals surface area contributed by atoms with E-state index in [2.05, 4.69) is 9.97 Å². The molecule has 0 radical (unpaired) electrons. The van der Waals surface area contributed by atoms with Crippen LogP contribution in [0.15, 0.2) is 53.6 Å². The van der Waals surface area contributed by atoms with Gasteiger partial charge in [-0.1, -0.05) is 40.9 Å². The molecule has 1 unspecified atom stereocenters. The van der Waals surface area contributed by atoms with Crippen LogP contribution in [0.5, 0.6) is 5.75 Å². The zero-order valence-corrected chi connectivity index (χ0v) is 17.1. The number of halogens is 3. The second-order valence-corrected chi connectivity index (χ2v) is 8.30. The van der Waals surface area contributed by atoms with Gasteiger partial charge in [-0.25, -0.2) is 4.98 Å². The highest BCUT2D eigenvalue weighted by Crippen LogP contribution is 2.37. The van der Waals surface area contributed by atoms with Crippen molar-refractivity contribution in [3.05, 3.63) is 75.2 Å². The van der Waals surface area contributed by atoms with Crippen LogP contribution in [0.1, 0.15) is 11.5 Å². The van der Waals surface area contributed by atoms with Crippen LogP contribution < -0.4 is 4.74 Å². The van der Waals surface area contributed by atoms with Crippen LogP contribution in [0.3, 0.4) is 0 Å². The van der Waals surface area contributed by atoms with Crippen LogP contribution >= 0.6 is 46.6 Å². The number of nitrogens with zero attached hydrogens (tertiary/aromatic N) is 1. The number of ether oxygens (including phenoxy) is 1. The third-order valence-electron chi connectivity index (χ3n) is 3.65. The molecule has 0 spiro atoms. The van der Waals surface area contributed by atoms with Crippen LogP contribution in [0.25, 0.3) is 0 Å². The summed E-state index contributed by atoms with van der Waals surface area (Å²) < 4.78 is 5.95. The van der Waals surface area contributed by atoms with E-state index in [0.29, 0.717) is 21.7 Å². The monoisotopic (exact) mass is 426 g/mol. The number of benzene rings is 2. The summed E-state index contributed by atoms with van der Waals surface area (Å²) in [7, 11) is 0. The molecule has 1 aromatic heterocycles. The van der Waals surface area contributed by atoms with Crippen molar-refractivity contribution < 1.29 is 4.74 Å². The molecule has 2 aromatic carbocycles. The Hall–Kier alpha value is -1.33. The average Bonchev–Trinajstić information content (AvgIpc) is 3.02. The lowest BCUT2D eigenvalue weighted by molar-refractivity contribution is 0.316. The van der Waals surface area contributed by atoms with Gasteiger partial charge in [-0.2, -0.15) is 0 Å². The molecule has 0 saturated carbocycles. The van der Waals surface area contributed by atoms with Crippen molar-refractivity contribution in [3.63, 3.8) is 0 Å². The van der Waals surface area contributed by atoms with Crippen LogP contribution in [0.4, 0.5) is 0 Å². The molecule has 3 aromatic rings. The molecule has 136 valence electrons. The molecule has 0 bridgehead atoms. The van der Waals surface area contributed by atoms with E-state index in [-0.39, 0.29) is 5.25 Å². The topological polar surface area (TPSA) is 37.9 Å². The minimum Gasteiger partial charge on any atom is -0.492 e. The van der Waals surface area contributed by atoms with E-state index in [4.69, 9.17) is 39.5 Å². The molecule has 1 atom stereocenters. The van der Waals surface area contributed by atoms with Crippen LogP contribution in [0, 0.1) is 6.92 Å². The Balaban J connectivity index is 1.75. The molecule has 0 amide bonds. The summed E-state index contributed by atoms with van der Waals surface area (Å²) in [5.41, 5.74) is 0.975. The number of hydrogen-bond donors (Lipinski definition) is 1. The Labute approximate surface area is 172 Å². The first kappa shape index (κ1) is 19.4. The van der Waals surface area contributed by atoms with Gasteiger partial charge in [-0.05, 0) is 43.3 Å². The summed E-state index contributed by atoms with van der Waals surface area (Å²) in [6.45, 7) is 2.42. The quantitative estimate of drug-likeness (QED) is 0.440. The minimum absolute atomic E-state index is 0.0887. The van der Waals surface area contributed by atoms with Crippen molar-refractivity contribution in [1.82, 2.24) is 9.97 Å². The summed E-state index contributed by atoms with van der Waals surface area (Å²) in [4.78, 5) is 8.46. The number of aryl methyl sites for hydroxylation is 1. The second kappa shape index (κ2) is 9.05. The molecule has 0 aliphatic rings. The SMILES string of the molecule is Cc1nc(CC(COc2ccc(Cl)cc2)Sc2c(Cl)cccc2Cl)c[nH]1. The lowest BCUT2D eigenvalue weighted by Gasteiger charge is -2.18. The molecule has 0 aliphatic heterocycles. The number of hydrogen-bond acceptors (Lipinski definition) is 3. The average molecular weight is 428 g/mol. The van der Waals surface area contributed by atoms with Crippen LogP contribution in [0.2, 0.25) is 15.1 Å². The fourth-order valence-corrected chi connectivity index (χ4v) is 4.30. The fraction of sp³-hybridized carbons (Fsp3) is 0.211. The molecule has 1 heterocycles. The van der Waals surface area contributed by atoms with Gasteiger partial charge < -0.3 is 9.72 Å². The van der Waals surface area contributed by atoms with E-state index in [1.54, 1.807) is 23.9 Å². The first-order chi connectivity index (χ1) is 12.5. The first-order valence-corrected chi connectivity index (χ1v) is 10.0. The standard InChI is InChI=1S/C19H17Cl3N2OS/c1-12-23-10-14(24-12)9-16(11-25-15-7-5-13(20)6-8-15)26-19-17(21)3-2-4-18(19)22/h2-8,10,16H,9,11H2,1H3,(H,23,24). The highest BCUT2D eigenvalue weighted by molar-refractivity contribution is 8.00. The van der Waals surface area contributed by atoms with Crippen molar-refractivity contribution in [2.45, 2.75) is 23.5 Å². The van der Waals surface area contributed by atoms with Crippen LogP contribution in [-0.2, 0) is 6.42 Å². The smallest absolute Gasteiger partial charge is 0.119 e. The number of thioether (sulfide) groups is 1. The van der Waals surface area contributed by atoms with E-state index in [1.165, 1.54) is 0 Å². The van der Waals surface area contributed by atoms with E-state index in [1.807, 2.05) is 43.5 Å². The number of nitrogens with one attached hydrogen (secondary N) is 1. The number of rotatable bonds is 7. The summed E-state index contributed by atoms with van der Waals surface area (Å²) >= 11 is 20.2. The largest absolute Gasteiger partial charge is 0.492 e. The number of aromatic amines is 1. The van der Waals surface area contributed by atoms with Gasteiger partial charge in [0.05, 0.1) is 15.7 Å². The van der Waals surface area contributed by atoms with E-state index < -0.39 is 0 Å². The molecule has 7 heteroatoms. The molecular formula is C19H17Cl3N2OS. The molecular weight excluding hydrogens is 411 g/mol. The van der Waals surface area contributed by atoms with Gasteiger partial charge in [-0.3, -0.25) is 0 Å². The Bertz CT molecular complexity index is 847. The Morgan fingerprint density at radius 3 is 2.38 bits per heavy atom. The zero-order valence-electron chi connectivity index (χ0n) is 14.0. The third kappa shape index (κ3) is 5.34. The minimum atomic E-state index is 0.0887. The van der Waals surface area contributed by atoms with Gasteiger partial charge in [0, 0.05) is 27.8 Å². The summed E-state index contributed by atoms with van der Waals surface area (Å²) in [5.74, 6) is 1.65. The number of aromatic nitrogens is 2. The Kier molecular flexibility index (Phi) is 6.76. The maximum atomic E-state index is 6.33. The molecule has 26 heavy (non-hydrogen) atoms. The van der Waals surface area contributed by atoms with Gasteiger partial charge in [0.1, 0.15) is 18.2 Å². The maximum absolute atomic E-state index is 6.33. The fourth-order valence-electron chi connectivity index (χ4n) is 2.42. The maximum Gasteiger partial charge on any atom is 0.119 e.